The van der Waals surface area contributed by atoms with Crippen molar-refractivity contribution in [2.45, 2.75) is 44.6 Å². The zero-order valence-corrected chi connectivity index (χ0v) is 14.0. The third kappa shape index (κ3) is 4.94. The molecule has 2 rings (SSSR count). The molecule has 1 atom stereocenters. The van der Waals surface area contributed by atoms with E-state index in [1.807, 2.05) is 39.0 Å². The Morgan fingerprint density at radius 3 is 2.77 bits per heavy atom. The summed E-state index contributed by atoms with van der Waals surface area (Å²) in [6, 6.07) is 7.42. The fourth-order valence-electron chi connectivity index (χ4n) is 2.29. The first kappa shape index (κ1) is 16.7. The number of hydrogen-bond donors (Lipinski definition) is 2. The number of carbonyl (C=O) groups excluding carboxylic acids is 2. The van der Waals surface area contributed by atoms with Crippen LogP contribution in [0.15, 0.2) is 24.3 Å². The van der Waals surface area contributed by atoms with E-state index in [0.29, 0.717) is 25.2 Å². The summed E-state index contributed by atoms with van der Waals surface area (Å²) in [5.74, 6) is 0.116. The number of anilines is 1. The third-order valence-electron chi connectivity index (χ3n) is 3.14. The second kappa shape index (κ2) is 6.60. The van der Waals surface area contributed by atoms with E-state index in [2.05, 4.69) is 17.9 Å². The summed E-state index contributed by atoms with van der Waals surface area (Å²) in [5.41, 5.74) is 1.08. The zero-order chi connectivity index (χ0) is 16.3. The number of hydrogen-bond acceptors (Lipinski definition) is 4. The normalized spacial score (nSPS) is 18.5. The summed E-state index contributed by atoms with van der Waals surface area (Å²) in [6.07, 6.45) is -0.00351. The second-order valence-corrected chi connectivity index (χ2v) is 7.19. The van der Waals surface area contributed by atoms with E-state index in [0.717, 1.165) is 5.56 Å². The molecule has 0 bridgehead atoms. The van der Waals surface area contributed by atoms with Gasteiger partial charge >= 0.3 is 6.09 Å². The summed E-state index contributed by atoms with van der Waals surface area (Å²) in [6.45, 7) is 6.63. The lowest BCUT2D eigenvalue weighted by atomic mass is 10.2. The van der Waals surface area contributed by atoms with Gasteiger partial charge in [-0.3, -0.25) is 10.1 Å². The van der Waals surface area contributed by atoms with Crippen molar-refractivity contribution in [2.75, 3.05) is 11.9 Å². The highest BCUT2D eigenvalue weighted by Crippen LogP contribution is 2.20. The van der Waals surface area contributed by atoms with Crippen molar-refractivity contribution in [2.24, 2.45) is 0 Å². The van der Waals surface area contributed by atoms with Gasteiger partial charge in [0.2, 0.25) is 5.91 Å². The highest BCUT2D eigenvalue weighted by atomic mass is 32.1. The molecule has 0 aliphatic carbocycles. The Morgan fingerprint density at radius 1 is 1.45 bits per heavy atom. The number of amides is 2. The third-order valence-corrected chi connectivity index (χ3v) is 3.49. The highest BCUT2D eigenvalue weighted by molar-refractivity contribution is 7.81. The predicted molar refractivity (Wildman–Crippen MR) is 89.1 cm³/mol. The molecule has 1 saturated heterocycles. The van der Waals surface area contributed by atoms with Gasteiger partial charge in [0.05, 0.1) is 0 Å². The Morgan fingerprint density at radius 2 is 2.18 bits per heavy atom. The number of benzene rings is 1. The van der Waals surface area contributed by atoms with Crippen LogP contribution in [0, 0.1) is 0 Å². The van der Waals surface area contributed by atoms with E-state index in [9.17, 15) is 9.59 Å². The topological polar surface area (TPSA) is 58.6 Å². The number of thiol groups is 1. The summed E-state index contributed by atoms with van der Waals surface area (Å²) in [7, 11) is 0. The fraction of sp³-hybridized carbons (Fsp3) is 0.500. The molecule has 1 aliphatic heterocycles. The SMILES string of the molecule is CC(C)(C)OC(=O)Nc1cccc(CN2CC(S)CC2=O)c1. The van der Waals surface area contributed by atoms with Gasteiger partial charge in [-0.2, -0.15) is 12.6 Å². The van der Waals surface area contributed by atoms with Crippen molar-refractivity contribution < 1.29 is 14.3 Å². The van der Waals surface area contributed by atoms with Gasteiger partial charge in [-0.1, -0.05) is 12.1 Å². The van der Waals surface area contributed by atoms with E-state index in [-0.39, 0.29) is 11.2 Å². The van der Waals surface area contributed by atoms with Crippen LogP contribution in [0.3, 0.4) is 0 Å². The van der Waals surface area contributed by atoms with Crippen LogP contribution >= 0.6 is 12.6 Å². The Labute approximate surface area is 136 Å². The molecule has 0 spiro atoms. The molecule has 2 amide bonds. The Bertz CT molecular complexity index is 569. The van der Waals surface area contributed by atoms with Gasteiger partial charge in [-0.05, 0) is 38.5 Å². The monoisotopic (exact) mass is 322 g/mol. The smallest absolute Gasteiger partial charge is 0.412 e. The predicted octanol–water partition coefficient (Wildman–Crippen LogP) is 3.06. The molecule has 0 aromatic heterocycles. The molecule has 6 heteroatoms. The van der Waals surface area contributed by atoms with Crippen LogP contribution in [0.1, 0.15) is 32.8 Å². The van der Waals surface area contributed by atoms with Gasteiger partial charge < -0.3 is 9.64 Å². The summed E-state index contributed by atoms with van der Waals surface area (Å²) in [5, 5.41) is 2.81. The first-order chi connectivity index (χ1) is 10.2. The molecule has 5 nitrogen and oxygen atoms in total. The van der Waals surface area contributed by atoms with Crippen molar-refractivity contribution in [1.29, 1.82) is 0 Å². The van der Waals surface area contributed by atoms with Gasteiger partial charge in [0.25, 0.3) is 0 Å². The van der Waals surface area contributed by atoms with E-state index < -0.39 is 11.7 Å². The number of likely N-dealkylation sites (tertiary alicyclic amines) is 1. The molecule has 0 saturated carbocycles. The maximum Gasteiger partial charge on any atom is 0.412 e. The molecular weight excluding hydrogens is 300 g/mol. The van der Waals surface area contributed by atoms with Crippen molar-refractivity contribution in [3.8, 4) is 0 Å². The van der Waals surface area contributed by atoms with E-state index in [1.165, 1.54) is 0 Å². The lowest BCUT2D eigenvalue weighted by Crippen LogP contribution is -2.27. The molecule has 1 aromatic rings. The quantitative estimate of drug-likeness (QED) is 0.841. The second-order valence-electron chi connectivity index (χ2n) is 6.46. The van der Waals surface area contributed by atoms with Gasteiger partial charge in [0.15, 0.2) is 0 Å². The van der Waals surface area contributed by atoms with Crippen molar-refractivity contribution in [3.05, 3.63) is 29.8 Å². The van der Waals surface area contributed by atoms with E-state index in [1.54, 1.807) is 11.0 Å². The maximum atomic E-state index is 11.8. The van der Waals surface area contributed by atoms with Gasteiger partial charge in [-0.15, -0.1) is 0 Å². The van der Waals surface area contributed by atoms with Crippen LogP contribution in [0.4, 0.5) is 10.5 Å². The van der Waals surface area contributed by atoms with Crippen molar-refractivity contribution in [1.82, 2.24) is 4.90 Å². The van der Waals surface area contributed by atoms with Crippen LogP contribution in [0.2, 0.25) is 0 Å². The molecule has 1 aromatic carbocycles. The minimum Gasteiger partial charge on any atom is -0.444 e. The number of nitrogens with one attached hydrogen (secondary N) is 1. The molecule has 1 heterocycles. The van der Waals surface area contributed by atoms with E-state index >= 15 is 0 Å². The summed E-state index contributed by atoms with van der Waals surface area (Å²) in [4.78, 5) is 25.3. The van der Waals surface area contributed by atoms with Gasteiger partial charge in [0.1, 0.15) is 5.60 Å². The lowest BCUT2D eigenvalue weighted by molar-refractivity contribution is -0.128. The fourth-order valence-corrected chi connectivity index (χ4v) is 2.65. The molecular formula is C16H22N2O3S. The van der Waals surface area contributed by atoms with E-state index in [4.69, 9.17) is 4.74 Å². The Hall–Kier alpha value is -1.69. The Balaban J connectivity index is 1.98. The van der Waals surface area contributed by atoms with Crippen LogP contribution in [-0.4, -0.2) is 34.3 Å². The number of ether oxygens (including phenoxy) is 1. The molecule has 120 valence electrons. The maximum absolute atomic E-state index is 11.8. The van der Waals surface area contributed by atoms with Gasteiger partial charge in [0, 0.05) is 30.4 Å². The molecule has 1 unspecified atom stereocenters. The summed E-state index contributed by atoms with van der Waals surface area (Å²) < 4.78 is 5.22. The molecule has 1 fully saturated rings. The van der Waals surface area contributed by atoms with Gasteiger partial charge in [-0.25, -0.2) is 4.79 Å². The largest absolute Gasteiger partial charge is 0.444 e. The number of rotatable bonds is 3. The summed E-state index contributed by atoms with van der Waals surface area (Å²) >= 11 is 4.35. The van der Waals surface area contributed by atoms with Crippen molar-refractivity contribution >= 4 is 30.3 Å². The first-order valence-corrected chi connectivity index (χ1v) is 7.79. The average Bonchev–Trinajstić information content (AvgIpc) is 2.65. The number of carbonyl (C=O) groups is 2. The van der Waals surface area contributed by atoms with Crippen molar-refractivity contribution in [3.63, 3.8) is 0 Å². The molecule has 1 aliphatic rings. The lowest BCUT2D eigenvalue weighted by Gasteiger charge is -2.20. The molecule has 22 heavy (non-hydrogen) atoms. The standard InChI is InChI=1S/C16H22N2O3S/c1-16(2,3)21-15(20)17-12-6-4-5-11(7-12)9-18-10-13(22)8-14(18)19/h4-7,13,22H,8-10H2,1-3H3,(H,17,20). The number of nitrogens with zero attached hydrogens (tertiary/aromatic N) is 1. The average molecular weight is 322 g/mol. The zero-order valence-electron chi connectivity index (χ0n) is 13.1. The van der Waals surface area contributed by atoms with Crippen LogP contribution in [-0.2, 0) is 16.1 Å². The molecule has 0 radical (unpaired) electrons. The van der Waals surface area contributed by atoms with Crippen LogP contribution in [0.25, 0.3) is 0 Å². The Kier molecular flexibility index (Phi) is 5.01. The first-order valence-electron chi connectivity index (χ1n) is 7.28. The van der Waals surface area contributed by atoms with Crippen LogP contribution < -0.4 is 5.32 Å². The van der Waals surface area contributed by atoms with Crippen LogP contribution in [0.5, 0.6) is 0 Å². The highest BCUT2D eigenvalue weighted by Gasteiger charge is 2.27. The molecule has 1 N–H and O–H groups in total. The minimum absolute atomic E-state index is 0.107. The minimum atomic E-state index is -0.536.